The van der Waals surface area contributed by atoms with Crippen molar-refractivity contribution in [2.24, 2.45) is 0 Å². The van der Waals surface area contributed by atoms with Crippen LogP contribution < -0.4 is 0 Å². The van der Waals surface area contributed by atoms with Gasteiger partial charge in [-0.25, -0.2) is 9.97 Å². The Balaban J connectivity index is 2.44. The molecule has 0 aliphatic rings. The fourth-order valence-corrected chi connectivity index (χ4v) is 1.96. The van der Waals surface area contributed by atoms with Gasteiger partial charge in [0, 0.05) is 23.6 Å². The SMILES string of the molecule is Cc1ccnc(SC(C)CCC(=O)O)n1. The standard InChI is InChI=1S/C10H14N2O2S/c1-7-5-6-11-10(12-7)15-8(2)3-4-9(13)14/h5-6,8H,3-4H2,1-2H3,(H,13,14). The summed E-state index contributed by atoms with van der Waals surface area (Å²) in [6.07, 6.45) is 2.55. The lowest BCUT2D eigenvalue weighted by atomic mass is 10.2. The number of hydrogen-bond donors (Lipinski definition) is 1. The zero-order valence-electron chi connectivity index (χ0n) is 8.80. The summed E-state index contributed by atoms with van der Waals surface area (Å²) in [5.74, 6) is -0.757. The molecule has 1 aromatic heterocycles. The van der Waals surface area contributed by atoms with Crippen LogP contribution in [0.1, 0.15) is 25.5 Å². The Bertz CT molecular complexity index is 344. The lowest BCUT2D eigenvalue weighted by Gasteiger charge is -2.07. The molecule has 0 aromatic carbocycles. The maximum Gasteiger partial charge on any atom is 0.303 e. The summed E-state index contributed by atoms with van der Waals surface area (Å²) in [6, 6.07) is 1.84. The largest absolute Gasteiger partial charge is 0.481 e. The summed E-state index contributed by atoms with van der Waals surface area (Å²) < 4.78 is 0. The number of nitrogens with zero attached hydrogens (tertiary/aromatic N) is 2. The second-order valence-electron chi connectivity index (χ2n) is 3.34. The van der Waals surface area contributed by atoms with Crippen molar-refractivity contribution in [3.8, 4) is 0 Å². The van der Waals surface area contributed by atoms with E-state index < -0.39 is 5.97 Å². The summed E-state index contributed by atoms with van der Waals surface area (Å²) in [6.45, 7) is 3.90. The Hall–Kier alpha value is -1.10. The van der Waals surface area contributed by atoms with Crippen molar-refractivity contribution in [1.29, 1.82) is 0 Å². The number of hydrogen-bond acceptors (Lipinski definition) is 4. The van der Waals surface area contributed by atoms with Crippen LogP contribution in [-0.2, 0) is 4.79 Å². The second kappa shape index (κ2) is 5.70. The molecule has 1 unspecified atom stereocenters. The molecule has 1 N–H and O–H groups in total. The molecule has 5 heteroatoms. The second-order valence-corrected chi connectivity index (χ2v) is 4.75. The van der Waals surface area contributed by atoms with Gasteiger partial charge in [-0.1, -0.05) is 18.7 Å². The van der Waals surface area contributed by atoms with Crippen LogP contribution in [0.5, 0.6) is 0 Å². The van der Waals surface area contributed by atoms with Gasteiger partial charge in [0.15, 0.2) is 5.16 Å². The van der Waals surface area contributed by atoms with Gasteiger partial charge >= 0.3 is 5.97 Å². The van der Waals surface area contributed by atoms with Gasteiger partial charge in [-0.05, 0) is 19.4 Å². The molecule has 4 nitrogen and oxygen atoms in total. The number of thioether (sulfide) groups is 1. The Morgan fingerprint density at radius 1 is 1.67 bits per heavy atom. The van der Waals surface area contributed by atoms with Crippen LogP contribution >= 0.6 is 11.8 Å². The molecule has 0 radical (unpaired) electrons. The molecular formula is C10H14N2O2S. The Kier molecular flexibility index (Phi) is 4.55. The van der Waals surface area contributed by atoms with E-state index in [2.05, 4.69) is 9.97 Å². The molecule has 0 saturated heterocycles. The van der Waals surface area contributed by atoms with Crippen molar-refractivity contribution in [3.05, 3.63) is 18.0 Å². The predicted molar refractivity (Wildman–Crippen MR) is 59.0 cm³/mol. The van der Waals surface area contributed by atoms with Gasteiger partial charge in [0.1, 0.15) is 0 Å². The summed E-state index contributed by atoms with van der Waals surface area (Å²) >= 11 is 1.51. The topological polar surface area (TPSA) is 63.1 Å². The molecule has 82 valence electrons. The molecule has 1 aromatic rings. The van der Waals surface area contributed by atoms with E-state index in [0.717, 1.165) is 5.69 Å². The fourth-order valence-electron chi connectivity index (χ4n) is 1.05. The van der Waals surface area contributed by atoms with Gasteiger partial charge in [0.05, 0.1) is 0 Å². The van der Waals surface area contributed by atoms with E-state index in [-0.39, 0.29) is 11.7 Å². The number of rotatable bonds is 5. The summed E-state index contributed by atoms with van der Waals surface area (Å²) in [4.78, 5) is 18.7. The van der Waals surface area contributed by atoms with Gasteiger partial charge in [-0.3, -0.25) is 4.79 Å². The van der Waals surface area contributed by atoms with Crippen molar-refractivity contribution >= 4 is 17.7 Å². The molecule has 1 heterocycles. The molecule has 0 aliphatic heterocycles. The van der Waals surface area contributed by atoms with Crippen LogP contribution in [0.4, 0.5) is 0 Å². The van der Waals surface area contributed by atoms with E-state index in [9.17, 15) is 4.79 Å². The molecule has 15 heavy (non-hydrogen) atoms. The van der Waals surface area contributed by atoms with Gasteiger partial charge in [0.2, 0.25) is 0 Å². The average Bonchev–Trinajstić information content (AvgIpc) is 2.15. The van der Waals surface area contributed by atoms with Crippen molar-refractivity contribution in [3.63, 3.8) is 0 Å². The maximum atomic E-state index is 10.4. The van der Waals surface area contributed by atoms with E-state index in [1.165, 1.54) is 11.8 Å². The van der Waals surface area contributed by atoms with Crippen LogP contribution in [-0.4, -0.2) is 26.3 Å². The third-order valence-corrected chi connectivity index (χ3v) is 2.89. The first-order valence-electron chi connectivity index (χ1n) is 4.76. The van der Waals surface area contributed by atoms with Crippen molar-refractivity contribution in [2.45, 2.75) is 37.1 Å². The maximum absolute atomic E-state index is 10.4. The van der Waals surface area contributed by atoms with Crippen LogP contribution in [0.15, 0.2) is 17.4 Å². The average molecular weight is 226 g/mol. The molecule has 0 spiro atoms. The van der Waals surface area contributed by atoms with E-state index in [1.807, 2.05) is 19.9 Å². The normalized spacial score (nSPS) is 12.4. The number of carbonyl (C=O) groups is 1. The summed E-state index contributed by atoms with van der Waals surface area (Å²) in [5, 5.41) is 9.47. The van der Waals surface area contributed by atoms with Gasteiger partial charge < -0.3 is 5.11 Å². The number of carboxylic acids is 1. The Morgan fingerprint density at radius 2 is 2.40 bits per heavy atom. The lowest BCUT2D eigenvalue weighted by molar-refractivity contribution is -0.137. The minimum absolute atomic E-state index is 0.194. The fraction of sp³-hybridized carbons (Fsp3) is 0.500. The van der Waals surface area contributed by atoms with Gasteiger partial charge in [-0.15, -0.1) is 0 Å². The molecule has 1 atom stereocenters. The summed E-state index contributed by atoms with van der Waals surface area (Å²) in [5.41, 5.74) is 0.929. The van der Waals surface area contributed by atoms with E-state index >= 15 is 0 Å². The van der Waals surface area contributed by atoms with Crippen molar-refractivity contribution < 1.29 is 9.90 Å². The monoisotopic (exact) mass is 226 g/mol. The number of aryl methyl sites for hydroxylation is 1. The molecular weight excluding hydrogens is 212 g/mol. The third-order valence-electron chi connectivity index (χ3n) is 1.84. The van der Waals surface area contributed by atoms with E-state index in [1.54, 1.807) is 6.20 Å². The van der Waals surface area contributed by atoms with E-state index in [0.29, 0.717) is 11.6 Å². The minimum Gasteiger partial charge on any atom is -0.481 e. The van der Waals surface area contributed by atoms with Gasteiger partial charge in [0.25, 0.3) is 0 Å². The van der Waals surface area contributed by atoms with Crippen molar-refractivity contribution in [1.82, 2.24) is 9.97 Å². The van der Waals surface area contributed by atoms with Crippen LogP contribution in [0.3, 0.4) is 0 Å². The molecule has 0 amide bonds. The first-order chi connectivity index (χ1) is 7.08. The van der Waals surface area contributed by atoms with Crippen LogP contribution in [0.25, 0.3) is 0 Å². The molecule has 0 fully saturated rings. The van der Waals surface area contributed by atoms with Crippen LogP contribution in [0.2, 0.25) is 0 Å². The minimum atomic E-state index is -0.757. The number of aromatic nitrogens is 2. The Labute approximate surface area is 93.1 Å². The zero-order chi connectivity index (χ0) is 11.3. The highest BCUT2D eigenvalue weighted by atomic mass is 32.2. The highest BCUT2D eigenvalue weighted by Crippen LogP contribution is 2.22. The first kappa shape index (κ1) is 12.0. The predicted octanol–water partition coefficient (Wildman–Crippen LogP) is 2.13. The molecule has 0 aliphatic carbocycles. The Morgan fingerprint density at radius 3 is 3.00 bits per heavy atom. The molecule has 0 saturated carbocycles. The summed E-state index contributed by atoms with van der Waals surface area (Å²) in [7, 11) is 0. The number of carboxylic acid groups (broad SMARTS) is 1. The lowest BCUT2D eigenvalue weighted by Crippen LogP contribution is -2.03. The molecule has 0 bridgehead atoms. The highest BCUT2D eigenvalue weighted by Gasteiger charge is 2.08. The van der Waals surface area contributed by atoms with E-state index in [4.69, 9.17) is 5.11 Å². The highest BCUT2D eigenvalue weighted by molar-refractivity contribution is 7.99. The molecule has 1 rings (SSSR count). The first-order valence-corrected chi connectivity index (χ1v) is 5.64. The van der Waals surface area contributed by atoms with Crippen molar-refractivity contribution in [2.75, 3.05) is 0 Å². The smallest absolute Gasteiger partial charge is 0.303 e. The van der Waals surface area contributed by atoms with Gasteiger partial charge in [-0.2, -0.15) is 0 Å². The zero-order valence-corrected chi connectivity index (χ0v) is 9.62. The quantitative estimate of drug-likeness (QED) is 0.615. The van der Waals surface area contributed by atoms with Crippen LogP contribution in [0, 0.1) is 6.92 Å². The third kappa shape index (κ3) is 4.78. The number of aliphatic carboxylic acids is 1.